The van der Waals surface area contributed by atoms with Gasteiger partial charge in [0.05, 0.1) is 6.61 Å². The van der Waals surface area contributed by atoms with Crippen LogP contribution in [-0.4, -0.2) is 23.1 Å². The molecule has 0 aliphatic rings. The first-order chi connectivity index (χ1) is 10.0. The zero-order valence-corrected chi connectivity index (χ0v) is 12.1. The molecule has 0 radical (unpaired) electrons. The van der Waals surface area contributed by atoms with Crippen LogP contribution in [0.1, 0.15) is 38.9 Å². The van der Waals surface area contributed by atoms with Crippen molar-refractivity contribution in [2.24, 2.45) is 5.73 Å². The first-order valence-corrected chi connectivity index (χ1v) is 6.74. The standard InChI is InChI=1S/C16H18N2O3/c1-3-21-16(20)14-5-4-8-18(14)10-13-7-6-12(15(17)19)9-11(13)2/h4-9H,3,10H2,1-2H3,(H2,17,19). The molecule has 0 atom stereocenters. The molecule has 0 aliphatic carbocycles. The van der Waals surface area contributed by atoms with E-state index in [1.165, 1.54) is 0 Å². The van der Waals surface area contributed by atoms with Crippen molar-refractivity contribution in [3.05, 3.63) is 58.9 Å². The van der Waals surface area contributed by atoms with Gasteiger partial charge in [-0.2, -0.15) is 0 Å². The Morgan fingerprint density at radius 3 is 2.67 bits per heavy atom. The number of aromatic nitrogens is 1. The third kappa shape index (κ3) is 3.31. The van der Waals surface area contributed by atoms with Crippen molar-refractivity contribution in [1.82, 2.24) is 4.57 Å². The molecule has 2 aromatic rings. The summed E-state index contributed by atoms with van der Waals surface area (Å²) in [6, 6.07) is 8.83. The molecule has 2 N–H and O–H groups in total. The lowest BCUT2D eigenvalue weighted by Crippen LogP contribution is -2.14. The number of amides is 1. The van der Waals surface area contributed by atoms with Crippen molar-refractivity contribution >= 4 is 11.9 Å². The largest absolute Gasteiger partial charge is 0.461 e. The molecular formula is C16H18N2O3. The molecule has 1 aromatic carbocycles. The third-order valence-electron chi connectivity index (χ3n) is 3.28. The van der Waals surface area contributed by atoms with E-state index in [1.807, 2.05) is 23.8 Å². The zero-order valence-electron chi connectivity index (χ0n) is 12.1. The minimum absolute atomic E-state index is 0.339. The van der Waals surface area contributed by atoms with E-state index in [2.05, 4.69) is 0 Å². The van der Waals surface area contributed by atoms with Crippen LogP contribution in [0.25, 0.3) is 0 Å². The first-order valence-electron chi connectivity index (χ1n) is 6.74. The van der Waals surface area contributed by atoms with E-state index in [4.69, 9.17) is 10.5 Å². The highest BCUT2D eigenvalue weighted by Crippen LogP contribution is 2.15. The van der Waals surface area contributed by atoms with Gasteiger partial charge in [-0.25, -0.2) is 4.79 Å². The number of rotatable bonds is 5. The molecule has 0 bridgehead atoms. The number of carbonyl (C=O) groups excluding carboxylic acids is 2. The van der Waals surface area contributed by atoms with Crippen molar-refractivity contribution < 1.29 is 14.3 Å². The van der Waals surface area contributed by atoms with Crippen LogP contribution in [-0.2, 0) is 11.3 Å². The summed E-state index contributed by atoms with van der Waals surface area (Å²) in [5, 5.41) is 0. The Morgan fingerprint density at radius 1 is 1.29 bits per heavy atom. The maximum atomic E-state index is 11.8. The Labute approximate surface area is 123 Å². The molecule has 0 aliphatic heterocycles. The second-order valence-corrected chi connectivity index (χ2v) is 4.75. The molecule has 0 saturated heterocycles. The van der Waals surface area contributed by atoms with Gasteiger partial charge in [-0.05, 0) is 49.2 Å². The fourth-order valence-corrected chi connectivity index (χ4v) is 2.15. The lowest BCUT2D eigenvalue weighted by atomic mass is 10.0. The summed E-state index contributed by atoms with van der Waals surface area (Å²) in [4.78, 5) is 23.0. The number of nitrogens with two attached hydrogens (primary N) is 1. The predicted octanol–water partition coefficient (Wildman–Crippen LogP) is 2.12. The predicted molar refractivity (Wildman–Crippen MR) is 79.2 cm³/mol. The van der Waals surface area contributed by atoms with Crippen molar-refractivity contribution in [2.45, 2.75) is 20.4 Å². The molecule has 110 valence electrons. The summed E-state index contributed by atoms with van der Waals surface area (Å²) in [7, 11) is 0. The summed E-state index contributed by atoms with van der Waals surface area (Å²) in [6.45, 7) is 4.57. The lowest BCUT2D eigenvalue weighted by molar-refractivity contribution is 0.0514. The smallest absolute Gasteiger partial charge is 0.354 e. The Bertz CT molecular complexity index is 674. The van der Waals surface area contributed by atoms with Crippen molar-refractivity contribution in [3.8, 4) is 0 Å². The normalized spacial score (nSPS) is 10.4. The van der Waals surface area contributed by atoms with E-state index >= 15 is 0 Å². The van der Waals surface area contributed by atoms with E-state index in [0.29, 0.717) is 24.4 Å². The topological polar surface area (TPSA) is 74.3 Å². The maximum absolute atomic E-state index is 11.8. The third-order valence-corrected chi connectivity index (χ3v) is 3.28. The number of nitrogens with zero attached hydrogens (tertiary/aromatic N) is 1. The summed E-state index contributed by atoms with van der Waals surface area (Å²) in [6.07, 6.45) is 1.83. The molecule has 1 heterocycles. The second-order valence-electron chi connectivity index (χ2n) is 4.75. The molecule has 0 saturated carbocycles. The number of carbonyl (C=O) groups is 2. The SMILES string of the molecule is CCOC(=O)c1cccn1Cc1ccc(C(N)=O)cc1C. The molecule has 1 aromatic heterocycles. The van der Waals surface area contributed by atoms with Gasteiger partial charge in [0.25, 0.3) is 0 Å². The van der Waals surface area contributed by atoms with Gasteiger partial charge < -0.3 is 15.0 Å². The van der Waals surface area contributed by atoms with Crippen LogP contribution in [0.4, 0.5) is 0 Å². The number of primary amides is 1. The summed E-state index contributed by atoms with van der Waals surface area (Å²) in [5.74, 6) is -0.785. The number of hydrogen-bond acceptors (Lipinski definition) is 3. The Hall–Kier alpha value is -2.56. The molecule has 1 amide bonds. The van der Waals surface area contributed by atoms with E-state index in [1.54, 1.807) is 31.2 Å². The highest BCUT2D eigenvalue weighted by atomic mass is 16.5. The van der Waals surface area contributed by atoms with Gasteiger partial charge >= 0.3 is 5.97 Å². The zero-order chi connectivity index (χ0) is 15.4. The van der Waals surface area contributed by atoms with Gasteiger partial charge in [-0.3, -0.25) is 4.79 Å². The van der Waals surface area contributed by atoms with Gasteiger partial charge in [-0.15, -0.1) is 0 Å². The monoisotopic (exact) mass is 286 g/mol. The summed E-state index contributed by atoms with van der Waals surface area (Å²) < 4.78 is 6.85. The van der Waals surface area contributed by atoms with Crippen molar-refractivity contribution in [1.29, 1.82) is 0 Å². The number of hydrogen-bond donors (Lipinski definition) is 1. The highest BCUT2D eigenvalue weighted by Gasteiger charge is 2.13. The molecule has 0 spiro atoms. The number of esters is 1. The molecule has 5 heteroatoms. The van der Waals surface area contributed by atoms with Crippen LogP contribution in [0.5, 0.6) is 0 Å². The van der Waals surface area contributed by atoms with Gasteiger partial charge in [-0.1, -0.05) is 6.07 Å². The quantitative estimate of drug-likeness (QED) is 0.855. The van der Waals surface area contributed by atoms with Crippen LogP contribution in [0.15, 0.2) is 36.5 Å². The lowest BCUT2D eigenvalue weighted by Gasteiger charge is -2.11. The molecule has 2 rings (SSSR count). The van der Waals surface area contributed by atoms with E-state index < -0.39 is 5.91 Å². The van der Waals surface area contributed by atoms with Gasteiger partial charge in [0.2, 0.25) is 5.91 Å². The van der Waals surface area contributed by atoms with Crippen molar-refractivity contribution in [3.63, 3.8) is 0 Å². The van der Waals surface area contributed by atoms with Gasteiger partial charge in [0, 0.05) is 18.3 Å². The van der Waals surface area contributed by atoms with Crippen LogP contribution in [0.2, 0.25) is 0 Å². The average Bonchev–Trinajstić information content (AvgIpc) is 2.89. The van der Waals surface area contributed by atoms with Crippen molar-refractivity contribution in [2.75, 3.05) is 6.61 Å². The minimum Gasteiger partial charge on any atom is -0.461 e. The Morgan fingerprint density at radius 2 is 2.05 bits per heavy atom. The fourth-order valence-electron chi connectivity index (χ4n) is 2.15. The summed E-state index contributed by atoms with van der Waals surface area (Å²) in [5.41, 5.74) is 8.22. The minimum atomic E-state index is -0.446. The van der Waals surface area contributed by atoms with Gasteiger partial charge in [0.15, 0.2) is 0 Å². The van der Waals surface area contributed by atoms with E-state index in [0.717, 1.165) is 11.1 Å². The van der Waals surface area contributed by atoms with Gasteiger partial charge in [0.1, 0.15) is 5.69 Å². The molecule has 0 fully saturated rings. The molecule has 5 nitrogen and oxygen atoms in total. The fraction of sp³-hybridized carbons (Fsp3) is 0.250. The maximum Gasteiger partial charge on any atom is 0.354 e. The molecule has 0 unspecified atom stereocenters. The Kier molecular flexibility index (Phi) is 4.42. The Balaban J connectivity index is 2.25. The van der Waals surface area contributed by atoms with Crippen LogP contribution in [0.3, 0.4) is 0 Å². The average molecular weight is 286 g/mol. The van der Waals surface area contributed by atoms with Crippen LogP contribution >= 0.6 is 0 Å². The van der Waals surface area contributed by atoms with Crippen LogP contribution < -0.4 is 5.73 Å². The van der Waals surface area contributed by atoms with Crippen LogP contribution in [0, 0.1) is 6.92 Å². The van der Waals surface area contributed by atoms with E-state index in [-0.39, 0.29) is 5.97 Å². The van der Waals surface area contributed by atoms with E-state index in [9.17, 15) is 9.59 Å². The number of ether oxygens (including phenoxy) is 1. The summed E-state index contributed by atoms with van der Waals surface area (Å²) >= 11 is 0. The molecule has 21 heavy (non-hydrogen) atoms. The molecular weight excluding hydrogens is 268 g/mol. The number of aryl methyl sites for hydroxylation is 1. The number of benzene rings is 1. The highest BCUT2D eigenvalue weighted by molar-refractivity contribution is 5.93. The first kappa shape index (κ1) is 14.8. The second kappa shape index (κ2) is 6.26.